The Balaban J connectivity index is 2.65. The van der Waals surface area contributed by atoms with Crippen molar-refractivity contribution >= 4 is 5.97 Å². The molecule has 0 saturated carbocycles. The summed E-state index contributed by atoms with van der Waals surface area (Å²) in [6, 6.07) is 0. The molecule has 15 heavy (non-hydrogen) atoms. The summed E-state index contributed by atoms with van der Waals surface area (Å²) >= 11 is 0. The topological polar surface area (TPSA) is 43.8 Å². The summed E-state index contributed by atoms with van der Waals surface area (Å²) in [6.45, 7) is 4.68. The minimum atomic E-state index is -0.652. The summed E-state index contributed by atoms with van der Waals surface area (Å²) in [5, 5.41) is 9.34. The van der Waals surface area contributed by atoms with Gasteiger partial charge in [0, 0.05) is 13.1 Å². The molecule has 0 aliphatic carbocycles. The van der Waals surface area contributed by atoms with E-state index in [1.54, 1.807) is 0 Å². The van der Waals surface area contributed by atoms with Crippen LogP contribution in [0.4, 0.5) is 0 Å². The molecule has 0 aromatic heterocycles. The third-order valence-electron chi connectivity index (χ3n) is 3.42. The summed E-state index contributed by atoms with van der Waals surface area (Å²) in [5.74, 6) is -0.652. The van der Waals surface area contributed by atoms with Gasteiger partial charge in [-0.3, -0.25) is 9.69 Å². The molecule has 0 aromatic carbocycles. The van der Waals surface area contributed by atoms with Gasteiger partial charge in [0.25, 0.3) is 0 Å². The highest BCUT2D eigenvalue weighted by Crippen LogP contribution is 2.32. The number of likely N-dealkylation sites (N-methyl/N-ethyl adjacent to an activating group) is 1. The lowest BCUT2D eigenvalue weighted by molar-refractivity contribution is -0.150. The fraction of sp³-hybridized carbons (Fsp3) is 0.909. The van der Waals surface area contributed by atoms with Crippen molar-refractivity contribution in [1.29, 1.82) is 0 Å². The Labute approximate surface area is 91.9 Å². The molecule has 1 saturated heterocycles. The molecule has 1 aliphatic rings. The first-order valence-electron chi connectivity index (χ1n) is 5.66. The number of hydrogen-bond donors (Lipinski definition) is 1. The molecule has 1 N–H and O–H groups in total. The summed E-state index contributed by atoms with van der Waals surface area (Å²) in [4.78, 5) is 15.6. The Morgan fingerprint density at radius 3 is 2.67 bits per heavy atom. The van der Waals surface area contributed by atoms with E-state index in [4.69, 9.17) is 0 Å². The summed E-state index contributed by atoms with van der Waals surface area (Å²) < 4.78 is 0. The molecule has 1 atom stereocenters. The lowest BCUT2D eigenvalue weighted by atomic mass is 9.93. The number of likely N-dealkylation sites (tertiary alicyclic amines) is 1. The molecular formula is C11H22N2O2. The van der Waals surface area contributed by atoms with E-state index in [-0.39, 0.29) is 0 Å². The van der Waals surface area contributed by atoms with Gasteiger partial charge in [0.2, 0.25) is 0 Å². The van der Waals surface area contributed by atoms with Crippen LogP contribution < -0.4 is 0 Å². The third kappa shape index (κ3) is 2.49. The van der Waals surface area contributed by atoms with Gasteiger partial charge in [-0.05, 0) is 39.9 Å². The molecule has 4 heteroatoms. The molecule has 0 amide bonds. The predicted molar refractivity (Wildman–Crippen MR) is 60.0 cm³/mol. The average molecular weight is 214 g/mol. The van der Waals surface area contributed by atoms with E-state index in [0.717, 1.165) is 32.5 Å². The summed E-state index contributed by atoms with van der Waals surface area (Å²) in [5.41, 5.74) is -0.587. The van der Waals surface area contributed by atoms with E-state index in [1.807, 2.05) is 21.0 Å². The first-order valence-corrected chi connectivity index (χ1v) is 5.66. The van der Waals surface area contributed by atoms with Crippen LogP contribution >= 0.6 is 0 Å². The highest BCUT2D eigenvalue weighted by molar-refractivity contribution is 5.79. The van der Waals surface area contributed by atoms with Crippen LogP contribution in [-0.2, 0) is 4.79 Å². The van der Waals surface area contributed by atoms with Gasteiger partial charge in [-0.25, -0.2) is 0 Å². The van der Waals surface area contributed by atoms with Gasteiger partial charge < -0.3 is 10.0 Å². The maximum atomic E-state index is 11.4. The summed E-state index contributed by atoms with van der Waals surface area (Å²) in [6.07, 6.45) is 2.51. The van der Waals surface area contributed by atoms with Crippen molar-refractivity contribution in [2.75, 3.05) is 33.7 Å². The normalized spacial score (nSPS) is 27.5. The maximum Gasteiger partial charge on any atom is 0.324 e. The zero-order valence-electron chi connectivity index (χ0n) is 9.99. The van der Waals surface area contributed by atoms with E-state index in [1.165, 1.54) is 0 Å². The monoisotopic (exact) mass is 214 g/mol. The molecule has 0 aromatic rings. The molecule has 0 radical (unpaired) electrons. The van der Waals surface area contributed by atoms with Crippen LogP contribution in [0.5, 0.6) is 0 Å². The molecule has 1 heterocycles. The summed E-state index contributed by atoms with van der Waals surface area (Å²) in [7, 11) is 4.04. The zero-order valence-corrected chi connectivity index (χ0v) is 9.99. The van der Waals surface area contributed by atoms with Crippen LogP contribution in [0.1, 0.15) is 26.2 Å². The number of carboxylic acids is 1. The van der Waals surface area contributed by atoms with Gasteiger partial charge in [0.15, 0.2) is 0 Å². The fourth-order valence-electron chi connectivity index (χ4n) is 2.37. The van der Waals surface area contributed by atoms with Crippen LogP contribution in [0.25, 0.3) is 0 Å². The van der Waals surface area contributed by atoms with Crippen molar-refractivity contribution in [2.24, 2.45) is 0 Å². The Bertz CT molecular complexity index is 231. The minimum Gasteiger partial charge on any atom is -0.480 e. The molecule has 0 spiro atoms. The molecular weight excluding hydrogens is 192 g/mol. The zero-order chi connectivity index (χ0) is 11.5. The van der Waals surface area contributed by atoms with Gasteiger partial charge in [0.05, 0.1) is 0 Å². The second-order valence-corrected chi connectivity index (χ2v) is 4.58. The van der Waals surface area contributed by atoms with E-state index in [0.29, 0.717) is 6.42 Å². The quantitative estimate of drug-likeness (QED) is 0.738. The first-order chi connectivity index (χ1) is 7.03. The first kappa shape index (κ1) is 12.5. The molecule has 1 aliphatic heterocycles. The SMILES string of the molecule is CCC1(C(=O)O)CCCN1CCN(C)C. The van der Waals surface area contributed by atoms with Crippen LogP contribution in [0.15, 0.2) is 0 Å². The highest BCUT2D eigenvalue weighted by Gasteiger charge is 2.45. The number of hydrogen-bond acceptors (Lipinski definition) is 3. The van der Waals surface area contributed by atoms with E-state index < -0.39 is 11.5 Å². The molecule has 0 bridgehead atoms. The van der Waals surface area contributed by atoms with E-state index in [2.05, 4.69) is 9.80 Å². The lowest BCUT2D eigenvalue weighted by Crippen LogP contribution is -2.51. The van der Waals surface area contributed by atoms with Gasteiger partial charge in [-0.2, -0.15) is 0 Å². The smallest absolute Gasteiger partial charge is 0.324 e. The maximum absolute atomic E-state index is 11.4. The Morgan fingerprint density at radius 1 is 1.53 bits per heavy atom. The van der Waals surface area contributed by atoms with Crippen LogP contribution in [-0.4, -0.2) is 60.1 Å². The second-order valence-electron chi connectivity index (χ2n) is 4.58. The molecule has 88 valence electrons. The second kappa shape index (κ2) is 4.94. The predicted octanol–water partition coefficient (Wildman–Crippen LogP) is 0.877. The molecule has 1 fully saturated rings. The molecule has 1 rings (SSSR count). The lowest BCUT2D eigenvalue weighted by Gasteiger charge is -2.34. The van der Waals surface area contributed by atoms with Crippen molar-refractivity contribution in [3.05, 3.63) is 0 Å². The van der Waals surface area contributed by atoms with Crippen molar-refractivity contribution in [1.82, 2.24) is 9.80 Å². The van der Waals surface area contributed by atoms with E-state index >= 15 is 0 Å². The standard InChI is InChI=1S/C11H22N2O2/c1-4-11(10(14)15)6-5-7-13(11)9-8-12(2)3/h4-9H2,1-3H3,(H,14,15). The van der Waals surface area contributed by atoms with Gasteiger partial charge in [-0.1, -0.05) is 6.92 Å². The fourth-order valence-corrected chi connectivity index (χ4v) is 2.37. The van der Waals surface area contributed by atoms with Crippen LogP contribution in [0.3, 0.4) is 0 Å². The number of carboxylic acid groups (broad SMARTS) is 1. The van der Waals surface area contributed by atoms with Crippen molar-refractivity contribution in [3.8, 4) is 0 Å². The van der Waals surface area contributed by atoms with Crippen molar-refractivity contribution < 1.29 is 9.90 Å². The number of nitrogens with zero attached hydrogens (tertiary/aromatic N) is 2. The molecule has 4 nitrogen and oxygen atoms in total. The van der Waals surface area contributed by atoms with Crippen molar-refractivity contribution in [2.45, 2.75) is 31.7 Å². The number of rotatable bonds is 5. The van der Waals surface area contributed by atoms with Gasteiger partial charge >= 0.3 is 5.97 Å². The highest BCUT2D eigenvalue weighted by atomic mass is 16.4. The van der Waals surface area contributed by atoms with Gasteiger partial charge in [0.1, 0.15) is 5.54 Å². The van der Waals surface area contributed by atoms with Crippen molar-refractivity contribution in [3.63, 3.8) is 0 Å². The average Bonchev–Trinajstić information content (AvgIpc) is 2.58. The number of aliphatic carboxylic acids is 1. The van der Waals surface area contributed by atoms with Crippen LogP contribution in [0.2, 0.25) is 0 Å². The van der Waals surface area contributed by atoms with E-state index in [9.17, 15) is 9.90 Å². The molecule has 1 unspecified atom stereocenters. The minimum absolute atomic E-state index is 0.587. The number of carbonyl (C=O) groups is 1. The van der Waals surface area contributed by atoms with Crippen LogP contribution in [0, 0.1) is 0 Å². The Hall–Kier alpha value is -0.610. The van der Waals surface area contributed by atoms with Gasteiger partial charge in [-0.15, -0.1) is 0 Å². The Kier molecular flexibility index (Phi) is 4.11. The Morgan fingerprint density at radius 2 is 2.20 bits per heavy atom. The third-order valence-corrected chi connectivity index (χ3v) is 3.42. The largest absolute Gasteiger partial charge is 0.480 e.